The summed E-state index contributed by atoms with van der Waals surface area (Å²) in [5.41, 5.74) is 1.65. The van der Waals surface area contributed by atoms with E-state index in [-0.39, 0.29) is 11.7 Å². The van der Waals surface area contributed by atoms with Gasteiger partial charge in [-0.2, -0.15) is 0 Å². The Hall–Kier alpha value is -2.54. The number of carbonyl (C=O) groups is 1. The lowest BCUT2D eigenvalue weighted by molar-refractivity contribution is 0.101. The van der Waals surface area contributed by atoms with Gasteiger partial charge in [0.05, 0.1) is 26.0 Å². The molecule has 1 amide bonds. The SMILES string of the molecule is COc1ccc(N2CCOCC2)cc1NC(=O)c1ncc[nH]1. The van der Waals surface area contributed by atoms with Crippen LogP contribution in [0.4, 0.5) is 11.4 Å². The summed E-state index contributed by atoms with van der Waals surface area (Å²) in [6.45, 7) is 3.08. The highest BCUT2D eigenvalue weighted by Gasteiger charge is 2.16. The number of nitrogens with one attached hydrogen (secondary N) is 2. The van der Waals surface area contributed by atoms with E-state index < -0.39 is 0 Å². The molecule has 2 heterocycles. The zero-order valence-corrected chi connectivity index (χ0v) is 12.3. The molecule has 0 atom stereocenters. The molecule has 1 aromatic carbocycles. The summed E-state index contributed by atoms with van der Waals surface area (Å²) in [4.78, 5) is 21.1. The number of hydrogen-bond donors (Lipinski definition) is 2. The van der Waals surface area contributed by atoms with E-state index in [4.69, 9.17) is 9.47 Å². The molecule has 0 radical (unpaired) electrons. The smallest absolute Gasteiger partial charge is 0.291 e. The largest absolute Gasteiger partial charge is 0.495 e. The lowest BCUT2D eigenvalue weighted by Gasteiger charge is -2.29. The number of ether oxygens (including phenoxy) is 2. The Morgan fingerprint density at radius 1 is 1.41 bits per heavy atom. The van der Waals surface area contributed by atoms with E-state index >= 15 is 0 Å². The average Bonchev–Trinajstić information content (AvgIpc) is 3.10. The molecule has 7 nitrogen and oxygen atoms in total. The number of methoxy groups -OCH3 is 1. The minimum atomic E-state index is -0.303. The third kappa shape index (κ3) is 3.04. The first-order chi connectivity index (χ1) is 10.8. The number of aromatic nitrogens is 2. The molecule has 0 bridgehead atoms. The van der Waals surface area contributed by atoms with Crippen molar-refractivity contribution in [1.82, 2.24) is 9.97 Å². The van der Waals surface area contributed by atoms with Gasteiger partial charge in [-0.05, 0) is 18.2 Å². The summed E-state index contributed by atoms with van der Waals surface area (Å²) in [5, 5.41) is 2.83. The molecule has 1 fully saturated rings. The summed E-state index contributed by atoms with van der Waals surface area (Å²) < 4.78 is 10.7. The maximum atomic E-state index is 12.1. The standard InChI is InChI=1S/C15H18N4O3/c1-21-13-3-2-11(19-6-8-22-9-7-19)10-12(13)18-15(20)14-16-4-5-17-14/h2-5,10H,6-9H2,1H3,(H,16,17)(H,18,20). The summed E-state index contributed by atoms with van der Waals surface area (Å²) >= 11 is 0. The number of amides is 1. The topological polar surface area (TPSA) is 79.5 Å². The lowest BCUT2D eigenvalue weighted by Crippen LogP contribution is -2.36. The van der Waals surface area contributed by atoms with Gasteiger partial charge < -0.3 is 24.7 Å². The summed E-state index contributed by atoms with van der Waals surface area (Å²) in [6, 6.07) is 5.74. The fraction of sp³-hybridized carbons (Fsp3) is 0.333. The van der Waals surface area contributed by atoms with Crippen LogP contribution in [0.5, 0.6) is 5.75 Å². The normalized spacial score (nSPS) is 14.7. The van der Waals surface area contributed by atoms with Crippen LogP contribution in [0.25, 0.3) is 0 Å². The lowest BCUT2D eigenvalue weighted by atomic mass is 10.2. The van der Waals surface area contributed by atoms with Gasteiger partial charge in [-0.15, -0.1) is 0 Å². The van der Waals surface area contributed by atoms with E-state index in [9.17, 15) is 4.79 Å². The second-order valence-corrected chi connectivity index (χ2v) is 4.88. The highest BCUT2D eigenvalue weighted by molar-refractivity contribution is 6.02. The Morgan fingerprint density at radius 3 is 2.91 bits per heavy atom. The minimum Gasteiger partial charge on any atom is -0.495 e. The summed E-state index contributed by atoms with van der Waals surface area (Å²) in [7, 11) is 1.58. The van der Waals surface area contributed by atoms with Crippen LogP contribution in [0.3, 0.4) is 0 Å². The zero-order chi connectivity index (χ0) is 15.4. The van der Waals surface area contributed by atoms with Crippen molar-refractivity contribution in [3.63, 3.8) is 0 Å². The van der Waals surface area contributed by atoms with Gasteiger partial charge >= 0.3 is 0 Å². The van der Waals surface area contributed by atoms with E-state index in [0.29, 0.717) is 24.7 Å². The average molecular weight is 302 g/mol. The van der Waals surface area contributed by atoms with Crippen LogP contribution >= 0.6 is 0 Å². The molecular formula is C15H18N4O3. The van der Waals surface area contributed by atoms with E-state index in [0.717, 1.165) is 18.8 Å². The molecule has 3 rings (SSSR count). The van der Waals surface area contributed by atoms with Crippen LogP contribution in [0.1, 0.15) is 10.6 Å². The molecule has 0 unspecified atom stereocenters. The highest BCUT2D eigenvalue weighted by Crippen LogP contribution is 2.30. The number of carbonyl (C=O) groups excluding carboxylic acids is 1. The highest BCUT2D eigenvalue weighted by atomic mass is 16.5. The zero-order valence-electron chi connectivity index (χ0n) is 12.3. The number of rotatable bonds is 4. The molecule has 1 aliphatic rings. The molecule has 1 saturated heterocycles. The molecule has 0 spiro atoms. The van der Waals surface area contributed by atoms with Crippen molar-refractivity contribution < 1.29 is 14.3 Å². The fourth-order valence-electron chi connectivity index (χ4n) is 2.38. The Morgan fingerprint density at radius 2 is 2.23 bits per heavy atom. The minimum absolute atomic E-state index is 0.263. The summed E-state index contributed by atoms with van der Waals surface area (Å²) in [6.07, 6.45) is 3.15. The molecule has 7 heteroatoms. The van der Waals surface area contributed by atoms with Gasteiger partial charge in [-0.1, -0.05) is 0 Å². The van der Waals surface area contributed by atoms with E-state index in [1.165, 1.54) is 6.20 Å². The quantitative estimate of drug-likeness (QED) is 0.895. The molecule has 0 aliphatic carbocycles. The number of H-pyrrole nitrogens is 1. The van der Waals surface area contributed by atoms with Crippen molar-refractivity contribution in [3.05, 3.63) is 36.4 Å². The molecule has 22 heavy (non-hydrogen) atoms. The monoisotopic (exact) mass is 302 g/mol. The van der Waals surface area contributed by atoms with Crippen LogP contribution in [-0.4, -0.2) is 49.3 Å². The number of hydrogen-bond acceptors (Lipinski definition) is 5. The van der Waals surface area contributed by atoms with Gasteiger partial charge in [0.15, 0.2) is 5.82 Å². The predicted molar refractivity (Wildman–Crippen MR) is 82.6 cm³/mol. The van der Waals surface area contributed by atoms with Gasteiger partial charge in [-0.25, -0.2) is 4.98 Å². The number of benzene rings is 1. The van der Waals surface area contributed by atoms with Crippen LogP contribution in [0.15, 0.2) is 30.6 Å². The number of imidazole rings is 1. The van der Waals surface area contributed by atoms with Crippen LogP contribution in [0, 0.1) is 0 Å². The number of nitrogens with zero attached hydrogens (tertiary/aromatic N) is 2. The summed E-state index contributed by atoms with van der Waals surface area (Å²) in [5.74, 6) is 0.568. The predicted octanol–water partition coefficient (Wildman–Crippen LogP) is 1.51. The first-order valence-corrected chi connectivity index (χ1v) is 7.09. The Kier molecular flexibility index (Phi) is 4.24. The molecule has 1 aromatic heterocycles. The fourth-order valence-corrected chi connectivity index (χ4v) is 2.38. The maximum Gasteiger partial charge on any atom is 0.291 e. The first-order valence-electron chi connectivity index (χ1n) is 7.09. The molecular weight excluding hydrogens is 284 g/mol. The van der Waals surface area contributed by atoms with Crippen molar-refractivity contribution >= 4 is 17.3 Å². The second kappa shape index (κ2) is 6.48. The Labute approximate surface area is 128 Å². The molecule has 0 saturated carbocycles. The van der Waals surface area contributed by atoms with Gasteiger partial charge in [-0.3, -0.25) is 4.79 Å². The van der Waals surface area contributed by atoms with Gasteiger partial charge in [0, 0.05) is 31.2 Å². The van der Waals surface area contributed by atoms with E-state index in [2.05, 4.69) is 20.2 Å². The van der Waals surface area contributed by atoms with Crippen molar-refractivity contribution in [2.75, 3.05) is 43.6 Å². The van der Waals surface area contributed by atoms with Crippen LogP contribution < -0.4 is 15.0 Å². The third-order valence-corrected chi connectivity index (χ3v) is 3.52. The van der Waals surface area contributed by atoms with E-state index in [1.54, 1.807) is 13.3 Å². The van der Waals surface area contributed by atoms with Crippen molar-refractivity contribution in [3.8, 4) is 5.75 Å². The van der Waals surface area contributed by atoms with E-state index in [1.807, 2.05) is 18.2 Å². The number of morpholine rings is 1. The van der Waals surface area contributed by atoms with Crippen molar-refractivity contribution in [1.29, 1.82) is 0 Å². The number of aromatic amines is 1. The third-order valence-electron chi connectivity index (χ3n) is 3.52. The maximum absolute atomic E-state index is 12.1. The van der Waals surface area contributed by atoms with Crippen LogP contribution in [-0.2, 0) is 4.74 Å². The van der Waals surface area contributed by atoms with Crippen LogP contribution in [0.2, 0.25) is 0 Å². The van der Waals surface area contributed by atoms with Crippen molar-refractivity contribution in [2.45, 2.75) is 0 Å². The van der Waals surface area contributed by atoms with Crippen molar-refractivity contribution in [2.24, 2.45) is 0 Å². The molecule has 2 aromatic rings. The number of anilines is 2. The molecule has 1 aliphatic heterocycles. The molecule has 2 N–H and O–H groups in total. The molecule has 116 valence electrons. The van der Waals surface area contributed by atoms with Gasteiger partial charge in [0.2, 0.25) is 0 Å². The van der Waals surface area contributed by atoms with Gasteiger partial charge in [0.25, 0.3) is 5.91 Å². The Bertz CT molecular complexity index is 636. The second-order valence-electron chi connectivity index (χ2n) is 4.88. The Balaban J connectivity index is 1.83. The van der Waals surface area contributed by atoms with Gasteiger partial charge in [0.1, 0.15) is 5.75 Å². The first kappa shape index (κ1) is 14.4.